The Bertz CT molecular complexity index is 1320. The fourth-order valence-corrected chi connectivity index (χ4v) is 5.32. The number of ether oxygens (including phenoxy) is 3. The summed E-state index contributed by atoms with van der Waals surface area (Å²) in [5, 5.41) is 5.40. The largest absolute Gasteiger partial charge is 0.466 e. The average Bonchev–Trinajstić information content (AvgIpc) is 3.52. The molecule has 0 saturated heterocycles. The van der Waals surface area contributed by atoms with Crippen LogP contribution in [0.2, 0.25) is 0 Å². The van der Waals surface area contributed by atoms with Crippen LogP contribution in [0, 0.1) is 5.82 Å². The molecule has 1 N–H and O–H groups in total. The van der Waals surface area contributed by atoms with Crippen molar-refractivity contribution in [3.8, 4) is 11.5 Å². The Morgan fingerprint density at radius 2 is 2.06 bits per heavy atom. The Balaban J connectivity index is 1.38. The third-order valence-electron chi connectivity index (χ3n) is 6.06. The Kier molecular flexibility index (Phi) is 6.69. The number of amidine groups is 1. The number of rotatable bonds is 7. The van der Waals surface area contributed by atoms with Gasteiger partial charge in [0.05, 0.1) is 30.8 Å². The average molecular weight is 510 g/mol. The van der Waals surface area contributed by atoms with Gasteiger partial charge in [-0.1, -0.05) is 36.9 Å². The van der Waals surface area contributed by atoms with Crippen molar-refractivity contribution in [2.75, 3.05) is 13.9 Å². The molecule has 1 amide bonds. The highest BCUT2D eigenvalue weighted by Crippen LogP contribution is 2.45. The van der Waals surface area contributed by atoms with Crippen molar-refractivity contribution in [1.82, 2.24) is 10.2 Å². The van der Waals surface area contributed by atoms with Crippen LogP contribution in [0.5, 0.6) is 11.5 Å². The Labute approximate surface area is 211 Å². The normalized spacial score (nSPS) is 18.0. The van der Waals surface area contributed by atoms with Gasteiger partial charge in [-0.2, -0.15) is 0 Å². The van der Waals surface area contributed by atoms with Gasteiger partial charge >= 0.3 is 5.97 Å². The van der Waals surface area contributed by atoms with Gasteiger partial charge in [0.2, 0.25) is 12.7 Å². The molecule has 3 aliphatic rings. The van der Waals surface area contributed by atoms with E-state index in [4.69, 9.17) is 14.2 Å². The number of carbonyl (C=O) groups is 2. The first-order valence-electron chi connectivity index (χ1n) is 11.4. The first-order valence-corrected chi connectivity index (χ1v) is 12.3. The number of carbonyl (C=O) groups excluding carboxylic acids is 2. The highest BCUT2D eigenvalue weighted by atomic mass is 32.2. The second kappa shape index (κ2) is 10.1. The zero-order valence-corrected chi connectivity index (χ0v) is 20.6. The van der Waals surface area contributed by atoms with Crippen molar-refractivity contribution in [2.24, 2.45) is 4.99 Å². The van der Waals surface area contributed by atoms with Gasteiger partial charge in [-0.25, -0.2) is 14.2 Å². The number of amides is 1. The number of hydrogen-bond donors (Lipinski definition) is 1. The molecule has 8 nitrogen and oxygen atoms in total. The van der Waals surface area contributed by atoms with E-state index in [-0.39, 0.29) is 19.1 Å². The predicted octanol–water partition coefficient (Wildman–Crippen LogP) is 4.40. The van der Waals surface area contributed by atoms with E-state index in [9.17, 15) is 14.0 Å². The fraction of sp³-hybridized carbons (Fsp3) is 0.269. The highest BCUT2D eigenvalue weighted by molar-refractivity contribution is 8.16. The van der Waals surface area contributed by atoms with Crippen LogP contribution in [-0.4, -0.2) is 35.8 Å². The monoisotopic (exact) mass is 509 g/mol. The number of halogens is 1. The van der Waals surface area contributed by atoms with Crippen LogP contribution < -0.4 is 14.8 Å². The molecule has 10 heteroatoms. The summed E-state index contributed by atoms with van der Waals surface area (Å²) >= 11 is 1.37. The molecule has 186 valence electrons. The van der Waals surface area contributed by atoms with Gasteiger partial charge in [-0.15, -0.1) is 0 Å². The maximum absolute atomic E-state index is 14.2. The van der Waals surface area contributed by atoms with E-state index in [1.54, 1.807) is 12.1 Å². The highest BCUT2D eigenvalue weighted by Gasteiger charge is 2.41. The van der Waals surface area contributed by atoms with Crippen LogP contribution in [0.4, 0.5) is 4.39 Å². The lowest BCUT2D eigenvalue weighted by atomic mass is 9.93. The maximum atomic E-state index is 14.2. The van der Waals surface area contributed by atoms with Crippen molar-refractivity contribution in [1.29, 1.82) is 0 Å². The molecule has 36 heavy (non-hydrogen) atoms. The lowest BCUT2D eigenvalue weighted by molar-refractivity contribution is -0.136. The molecular formula is C26H24FN3O5S. The third kappa shape index (κ3) is 4.56. The SMILES string of the molecule is CCC1=C(C(=O)OC)[C@@H](c2cccc(F)c2)N2C(CC(=O)NCc3ccc4c(c3)OCO4)=CSC2=N1. The number of methoxy groups -OCH3 is 1. The number of nitrogens with one attached hydrogen (secondary N) is 1. The topological polar surface area (TPSA) is 89.5 Å². The number of fused-ring (bicyclic) bond motifs is 2. The van der Waals surface area contributed by atoms with Crippen molar-refractivity contribution in [3.63, 3.8) is 0 Å². The first-order chi connectivity index (χ1) is 17.5. The van der Waals surface area contributed by atoms with Crippen LogP contribution in [-0.2, 0) is 20.9 Å². The molecule has 2 aromatic carbocycles. The molecule has 0 unspecified atom stereocenters. The summed E-state index contributed by atoms with van der Waals surface area (Å²) in [6.07, 6.45) is 0.553. The van der Waals surface area contributed by atoms with Crippen LogP contribution in [0.1, 0.15) is 36.9 Å². The van der Waals surface area contributed by atoms with E-state index in [2.05, 4.69) is 10.3 Å². The van der Waals surface area contributed by atoms with Crippen molar-refractivity contribution >= 4 is 28.8 Å². The number of thioether (sulfide) groups is 1. The van der Waals surface area contributed by atoms with Crippen LogP contribution >= 0.6 is 11.8 Å². The van der Waals surface area contributed by atoms with Crippen molar-refractivity contribution < 1.29 is 28.2 Å². The zero-order valence-electron chi connectivity index (χ0n) is 19.7. The lowest BCUT2D eigenvalue weighted by Gasteiger charge is -2.36. The van der Waals surface area contributed by atoms with Crippen LogP contribution in [0.15, 0.2) is 69.8 Å². The number of esters is 1. The van der Waals surface area contributed by atoms with Crippen LogP contribution in [0.25, 0.3) is 0 Å². The number of hydrogen-bond acceptors (Lipinski definition) is 8. The third-order valence-corrected chi connectivity index (χ3v) is 6.95. The number of benzene rings is 2. The molecule has 1 atom stereocenters. The van der Waals surface area contributed by atoms with Gasteiger partial charge in [0, 0.05) is 12.2 Å². The second-order valence-electron chi connectivity index (χ2n) is 8.30. The van der Waals surface area contributed by atoms with Gasteiger partial charge in [-0.3, -0.25) is 4.79 Å². The maximum Gasteiger partial charge on any atom is 0.338 e. The molecule has 0 spiro atoms. The van der Waals surface area contributed by atoms with E-state index in [0.29, 0.717) is 52.2 Å². The fourth-order valence-electron chi connectivity index (χ4n) is 4.38. The van der Waals surface area contributed by atoms with Gasteiger partial charge < -0.3 is 24.4 Å². The summed E-state index contributed by atoms with van der Waals surface area (Å²) in [5.74, 6) is 0.172. The number of nitrogens with zero attached hydrogens (tertiary/aromatic N) is 2. The summed E-state index contributed by atoms with van der Waals surface area (Å²) in [6, 6.07) is 10.9. The molecule has 0 aromatic heterocycles. The molecule has 0 aliphatic carbocycles. The van der Waals surface area contributed by atoms with Crippen molar-refractivity contribution in [2.45, 2.75) is 32.4 Å². The van der Waals surface area contributed by atoms with E-state index in [0.717, 1.165) is 5.56 Å². The molecule has 5 rings (SSSR count). The Morgan fingerprint density at radius 3 is 2.83 bits per heavy atom. The molecule has 3 aliphatic heterocycles. The Morgan fingerprint density at radius 1 is 1.22 bits per heavy atom. The molecule has 0 saturated carbocycles. The lowest BCUT2D eigenvalue weighted by Crippen LogP contribution is -2.38. The van der Waals surface area contributed by atoms with Gasteiger partial charge in [0.1, 0.15) is 5.82 Å². The molecule has 0 bridgehead atoms. The van der Waals surface area contributed by atoms with E-state index in [1.165, 1.54) is 31.0 Å². The standard InChI is InChI=1S/C26H24FN3O5S/c1-3-19-23(25(32)33-2)24(16-5-4-6-17(27)10-16)30-18(13-36-26(30)29-19)11-22(31)28-12-15-7-8-20-21(9-15)35-14-34-20/h4-10,13,24H,3,11-12,14H2,1-2H3,(H,28,31)/t24-/m1/s1. The number of allylic oxidation sites excluding steroid dienone is 1. The molecule has 3 heterocycles. The van der Waals surface area contributed by atoms with Gasteiger partial charge in [0.25, 0.3) is 0 Å². The Hall–Kier alpha value is -3.79. The van der Waals surface area contributed by atoms with Crippen molar-refractivity contribution in [3.05, 3.63) is 81.8 Å². The predicted molar refractivity (Wildman–Crippen MR) is 132 cm³/mol. The smallest absolute Gasteiger partial charge is 0.338 e. The first kappa shape index (κ1) is 23.9. The summed E-state index contributed by atoms with van der Waals surface area (Å²) in [5.41, 5.74) is 3.03. The van der Waals surface area contributed by atoms with E-state index in [1.807, 2.05) is 35.4 Å². The summed E-state index contributed by atoms with van der Waals surface area (Å²) < 4.78 is 30.0. The molecule has 0 radical (unpaired) electrons. The summed E-state index contributed by atoms with van der Waals surface area (Å²) in [4.78, 5) is 32.3. The quantitative estimate of drug-likeness (QED) is 0.554. The second-order valence-corrected chi connectivity index (χ2v) is 9.13. The molecule has 2 aromatic rings. The number of aliphatic imine (C=N–C) groups is 1. The van der Waals surface area contributed by atoms with E-state index >= 15 is 0 Å². The van der Waals surface area contributed by atoms with Gasteiger partial charge in [0.15, 0.2) is 16.7 Å². The summed E-state index contributed by atoms with van der Waals surface area (Å²) in [7, 11) is 1.31. The molecule has 0 fully saturated rings. The van der Waals surface area contributed by atoms with Gasteiger partial charge in [-0.05, 0) is 47.2 Å². The zero-order chi connectivity index (χ0) is 25.2. The summed E-state index contributed by atoms with van der Waals surface area (Å²) in [6.45, 7) is 2.40. The minimum Gasteiger partial charge on any atom is -0.466 e. The minimum absolute atomic E-state index is 0.0539. The van der Waals surface area contributed by atoms with E-state index < -0.39 is 17.8 Å². The van der Waals surface area contributed by atoms with Crippen LogP contribution in [0.3, 0.4) is 0 Å². The minimum atomic E-state index is -0.668. The molecular weight excluding hydrogens is 485 g/mol.